The van der Waals surface area contributed by atoms with Crippen molar-refractivity contribution in [3.63, 3.8) is 0 Å². The van der Waals surface area contributed by atoms with E-state index in [-0.39, 0.29) is 29.9 Å². The van der Waals surface area contributed by atoms with Crippen molar-refractivity contribution in [2.75, 3.05) is 13.2 Å². The van der Waals surface area contributed by atoms with Crippen LogP contribution in [0, 0.1) is 0 Å². The molecule has 0 saturated heterocycles. The predicted octanol–water partition coefficient (Wildman–Crippen LogP) is 1.78. The zero-order chi connectivity index (χ0) is 29.8. The maximum Gasteiger partial charge on any atom is 0.523 e. The summed E-state index contributed by atoms with van der Waals surface area (Å²) in [7, 11) is -5.88. The average Bonchev–Trinajstić information content (AvgIpc) is 3.41. The molecule has 0 aliphatic carbocycles. The van der Waals surface area contributed by atoms with Gasteiger partial charge in [-0.3, -0.25) is 23.6 Å². The predicted molar refractivity (Wildman–Crippen MR) is 133 cm³/mol. The number of aliphatic imine (C=N–C) groups is 1. The van der Waals surface area contributed by atoms with Crippen LogP contribution in [0.25, 0.3) is 5.65 Å². The average molecular weight is 591 g/mol. The van der Waals surface area contributed by atoms with Gasteiger partial charge in [0.1, 0.15) is 29.4 Å². The van der Waals surface area contributed by atoms with Crippen LogP contribution in [-0.4, -0.2) is 69.9 Å². The molecule has 2 aliphatic heterocycles. The standard InChI is InChI=1S/C23H26F4N6O6S/c1-21(2,3)15-9-17-32(12-16(34)29-22(4)6-5-13(24)10-28-22)18-14(19(35)33(17)30-15)11-31(20(18)36)7-8-39-40(37,38)23(25,26)27/h5,9-10H,6-8,11-12H2,1-4H3,(H,29,34). The van der Waals surface area contributed by atoms with Gasteiger partial charge in [0.15, 0.2) is 0 Å². The SMILES string of the molecule is CC1(NC(=O)Cn2c3c(c(=O)n4nc(C(C)(C)C)cc24)CN(CCOS(=O)(=O)C(F)(F)F)C3=O)CC=C(F)C=N1. The van der Waals surface area contributed by atoms with Crippen molar-refractivity contribution in [1.29, 1.82) is 0 Å². The normalized spacial score (nSPS) is 19.8. The Morgan fingerprint density at radius 1 is 1.23 bits per heavy atom. The third-order valence-electron chi connectivity index (χ3n) is 6.34. The number of aromatic nitrogens is 3. The minimum absolute atomic E-state index is 0.0627. The molecule has 2 aromatic rings. The smallest absolute Gasteiger partial charge is 0.330 e. The number of dihydropyridines is 1. The molecule has 40 heavy (non-hydrogen) atoms. The monoisotopic (exact) mass is 590 g/mol. The molecule has 0 radical (unpaired) electrons. The van der Waals surface area contributed by atoms with Crippen molar-refractivity contribution < 1.29 is 39.8 Å². The molecule has 0 spiro atoms. The number of fused-ring (bicyclic) bond motifs is 2. The highest BCUT2D eigenvalue weighted by molar-refractivity contribution is 7.87. The molecule has 2 amide bonds. The number of carbonyl (C=O) groups excluding carboxylic acids is 2. The summed E-state index contributed by atoms with van der Waals surface area (Å²) in [6.07, 6.45) is 2.28. The lowest BCUT2D eigenvalue weighted by Gasteiger charge is -2.27. The van der Waals surface area contributed by atoms with Crippen LogP contribution < -0.4 is 10.9 Å². The van der Waals surface area contributed by atoms with Crippen LogP contribution in [-0.2, 0) is 37.6 Å². The van der Waals surface area contributed by atoms with Crippen molar-refractivity contribution in [2.24, 2.45) is 4.99 Å². The second-order valence-corrected chi connectivity index (χ2v) is 12.2. The number of rotatable bonds is 7. The molecule has 1 N–H and O–H groups in total. The van der Waals surface area contributed by atoms with E-state index >= 15 is 0 Å². The van der Waals surface area contributed by atoms with Crippen LogP contribution in [0.1, 0.15) is 55.9 Å². The third kappa shape index (κ3) is 5.52. The Labute approximate surface area is 225 Å². The first-order valence-electron chi connectivity index (χ1n) is 12.0. The van der Waals surface area contributed by atoms with E-state index in [1.165, 1.54) is 10.6 Å². The minimum atomic E-state index is -5.88. The summed E-state index contributed by atoms with van der Waals surface area (Å²) in [5.74, 6) is -2.01. The number of hydrogen-bond donors (Lipinski definition) is 1. The first-order chi connectivity index (χ1) is 18.3. The lowest BCUT2D eigenvalue weighted by atomic mass is 9.93. The number of nitrogens with zero attached hydrogens (tertiary/aromatic N) is 5. The van der Waals surface area contributed by atoms with Gasteiger partial charge in [0, 0.05) is 24.4 Å². The van der Waals surface area contributed by atoms with Crippen molar-refractivity contribution >= 4 is 33.8 Å². The molecule has 4 heterocycles. The molecule has 1 unspecified atom stereocenters. The van der Waals surface area contributed by atoms with Crippen LogP contribution in [0.5, 0.6) is 0 Å². The summed E-state index contributed by atoms with van der Waals surface area (Å²) in [6.45, 7) is 4.64. The molecule has 2 aromatic heterocycles. The molecule has 17 heteroatoms. The summed E-state index contributed by atoms with van der Waals surface area (Å²) in [4.78, 5) is 44.7. The van der Waals surface area contributed by atoms with Crippen molar-refractivity contribution in [3.8, 4) is 0 Å². The van der Waals surface area contributed by atoms with Gasteiger partial charge in [0.25, 0.3) is 11.5 Å². The third-order valence-corrected chi connectivity index (χ3v) is 7.39. The fourth-order valence-electron chi connectivity index (χ4n) is 4.22. The van der Waals surface area contributed by atoms with Crippen LogP contribution >= 0.6 is 0 Å². The molecule has 4 rings (SSSR count). The van der Waals surface area contributed by atoms with Crippen molar-refractivity contribution in [1.82, 2.24) is 24.4 Å². The molecule has 0 saturated carbocycles. The summed E-state index contributed by atoms with van der Waals surface area (Å²) in [6, 6.07) is 1.54. The second kappa shape index (κ2) is 9.79. The summed E-state index contributed by atoms with van der Waals surface area (Å²) in [5.41, 5.74) is -7.68. The second-order valence-electron chi connectivity index (χ2n) is 10.6. The molecule has 1 atom stereocenters. The highest BCUT2D eigenvalue weighted by Crippen LogP contribution is 2.28. The zero-order valence-electron chi connectivity index (χ0n) is 21.9. The van der Waals surface area contributed by atoms with Crippen LogP contribution in [0.4, 0.5) is 17.6 Å². The Morgan fingerprint density at radius 2 is 1.90 bits per heavy atom. The molecule has 12 nitrogen and oxygen atoms in total. The van der Waals surface area contributed by atoms with Gasteiger partial charge in [-0.1, -0.05) is 20.8 Å². The molecule has 0 bridgehead atoms. The maximum absolute atomic E-state index is 13.4. The highest BCUT2D eigenvalue weighted by Gasteiger charge is 2.47. The number of allylic oxidation sites excluding steroid dienone is 1. The van der Waals surface area contributed by atoms with E-state index in [0.717, 1.165) is 15.6 Å². The Hall–Kier alpha value is -3.60. The summed E-state index contributed by atoms with van der Waals surface area (Å²) in [5, 5.41) is 7.03. The molecular weight excluding hydrogens is 564 g/mol. The Kier molecular flexibility index (Phi) is 7.19. The summed E-state index contributed by atoms with van der Waals surface area (Å²) < 4.78 is 79.8. The lowest BCUT2D eigenvalue weighted by Crippen LogP contribution is -2.47. The Bertz CT molecular complexity index is 1620. The van der Waals surface area contributed by atoms with E-state index in [1.807, 2.05) is 20.8 Å². The molecule has 2 aliphatic rings. The largest absolute Gasteiger partial charge is 0.523 e. The Balaban J connectivity index is 1.69. The first kappa shape index (κ1) is 29.4. The fraction of sp³-hybridized carbons (Fsp3) is 0.522. The minimum Gasteiger partial charge on any atom is -0.330 e. The maximum atomic E-state index is 13.4. The fourth-order valence-corrected chi connectivity index (χ4v) is 4.65. The van der Waals surface area contributed by atoms with Gasteiger partial charge < -0.3 is 14.8 Å². The lowest BCUT2D eigenvalue weighted by molar-refractivity contribution is -0.123. The number of alkyl halides is 3. The van der Waals surface area contributed by atoms with Crippen molar-refractivity contribution in [3.05, 3.63) is 45.3 Å². The van der Waals surface area contributed by atoms with Crippen molar-refractivity contribution in [2.45, 2.75) is 63.8 Å². The zero-order valence-corrected chi connectivity index (χ0v) is 22.7. The highest BCUT2D eigenvalue weighted by atomic mass is 32.2. The van der Waals surface area contributed by atoms with E-state index in [2.05, 4.69) is 19.6 Å². The van der Waals surface area contributed by atoms with Gasteiger partial charge in [-0.25, -0.2) is 4.39 Å². The van der Waals surface area contributed by atoms with Gasteiger partial charge in [-0.15, -0.1) is 0 Å². The molecule has 0 fully saturated rings. The molecule has 218 valence electrons. The van der Waals surface area contributed by atoms with Crippen LogP contribution in [0.2, 0.25) is 0 Å². The Morgan fingerprint density at radius 3 is 2.48 bits per heavy atom. The van der Waals surface area contributed by atoms with Crippen LogP contribution in [0.15, 0.2) is 27.8 Å². The summed E-state index contributed by atoms with van der Waals surface area (Å²) >= 11 is 0. The first-order valence-corrected chi connectivity index (χ1v) is 13.4. The van der Waals surface area contributed by atoms with Gasteiger partial charge in [-0.05, 0) is 13.0 Å². The number of amides is 2. The van der Waals surface area contributed by atoms with Gasteiger partial charge in [0.05, 0.1) is 30.6 Å². The van der Waals surface area contributed by atoms with E-state index < -0.39 is 69.6 Å². The molecular formula is C23H26F4N6O6S. The van der Waals surface area contributed by atoms with E-state index in [9.17, 15) is 40.4 Å². The number of nitrogens with one attached hydrogen (secondary N) is 1. The topological polar surface area (TPSA) is 144 Å². The number of carbonyl (C=O) groups is 2. The van der Waals surface area contributed by atoms with E-state index in [0.29, 0.717) is 5.69 Å². The quantitative estimate of drug-likeness (QED) is 0.294. The van der Waals surface area contributed by atoms with Crippen LogP contribution in [0.3, 0.4) is 0 Å². The number of hydrogen-bond acceptors (Lipinski definition) is 8. The van der Waals surface area contributed by atoms with Gasteiger partial charge in [-0.2, -0.15) is 31.2 Å². The number of halogens is 4. The van der Waals surface area contributed by atoms with Gasteiger partial charge >= 0.3 is 15.6 Å². The molecule has 0 aromatic carbocycles. The van der Waals surface area contributed by atoms with E-state index in [1.54, 1.807) is 13.0 Å². The van der Waals surface area contributed by atoms with Gasteiger partial charge in [0.2, 0.25) is 5.91 Å². The van der Waals surface area contributed by atoms with E-state index in [4.69, 9.17) is 0 Å².